The van der Waals surface area contributed by atoms with Gasteiger partial charge in [0.15, 0.2) is 0 Å². The summed E-state index contributed by atoms with van der Waals surface area (Å²) in [6.07, 6.45) is 6.26. The van der Waals surface area contributed by atoms with Crippen molar-refractivity contribution < 1.29 is 4.79 Å². The van der Waals surface area contributed by atoms with Crippen molar-refractivity contribution in [1.82, 2.24) is 19.8 Å². The number of H-pyrrole nitrogens is 1. The van der Waals surface area contributed by atoms with Gasteiger partial charge in [-0.1, -0.05) is 0 Å². The third-order valence-electron chi connectivity index (χ3n) is 3.36. The van der Waals surface area contributed by atoms with E-state index < -0.39 is 0 Å². The fourth-order valence-corrected chi connectivity index (χ4v) is 2.58. The van der Waals surface area contributed by atoms with E-state index in [9.17, 15) is 4.79 Å². The van der Waals surface area contributed by atoms with Gasteiger partial charge in [0.25, 0.3) is 0 Å². The molecule has 1 amide bonds. The predicted molar refractivity (Wildman–Crippen MR) is 73.5 cm³/mol. The monoisotopic (exact) mass is 268 g/mol. The van der Waals surface area contributed by atoms with Crippen molar-refractivity contribution in [3.8, 4) is 0 Å². The molecule has 1 aliphatic rings. The van der Waals surface area contributed by atoms with Crippen LogP contribution >= 0.6 is 11.8 Å². The molecule has 18 heavy (non-hydrogen) atoms. The van der Waals surface area contributed by atoms with Crippen LogP contribution < -0.4 is 0 Å². The highest BCUT2D eigenvalue weighted by atomic mass is 32.2. The van der Waals surface area contributed by atoms with Crippen molar-refractivity contribution >= 4 is 17.7 Å². The summed E-state index contributed by atoms with van der Waals surface area (Å²) in [5, 5.41) is 0. The van der Waals surface area contributed by atoms with Crippen molar-refractivity contribution in [3.63, 3.8) is 0 Å². The number of rotatable bonds is 4. The Labute approximate surface area is 112 Å². The van der Waals surface area contributed by atoms with Crippen LogP contribution in [0.4, 0.5) is 0 Å². The fraction of sp³-hybridized carbons (Fsp3) is 0.667. The van der Waals surface area contributed by atoms with Gasteiger partial charge in [-0.3, -0.25) is 9.69 Å². The van der Waals surface area contributed by atoms with E-state index >= 15 is 0 Å². The molecule has 2 rings (SSSR count). The summed E-state index contributed by atoms with van der Waals surface area (Å²) < 4.78 is 0. The second-order valence-electron chi connectivity index (χ2n) is 4.55. The lowest BCUT2D eigenvalue weighted by atomic mass is 10.1. The molecule has 0 aromatic carbocycles. The first-order chi connectivity index (χ1) is 8.72. The van der Waals surface area contributed by atoms with Crippen LogP contribution in [-0.2, 0) is 4.79 Å². The third kappa shape index (κ3) is 3.05. The van der Waals surface area contributed by atoms with E-state index in [0.29, 0.717) is 6.42 Å². The summed E-state index contributed by atoms with van der Waals surface area (Å²) >= 11 is 1.72. The average molecular weight is 268 g/mol. The minimum absolute atomic E-state index is 0.187. The highest BCUT2D eigenvalue weighted by Gasteiger charge is 2.29. The topological polar surface area (TPSA) is 52.2 Å². The maximum Gasteiger partial charge on any atom is 0.223 e. The molecule has 1 fully saturated rings. The molecule has 1 aliphatic heterocycles. The quantitative estimate of drug-likeness (QED) is 0.884. The fourth-order valence-electron chi connectivity index (χ4n) is 2.20. The van der Waals surface area contributed by atoms with E-state index in [1.165, 1.54) is 0 Å². The number of carbonyl (C=O) groups is 1. The zero-order valence-electron chi connectivity index (χ0n) is 10.9. The lowest BCUT2D eigenvalue weighted by Gasteiger charge is -2.38. The number of likely N-dealkylation sites (N-methyl/N-ethyl adjacent to an activating group) is 1. The van der Waals surface area contributed by atoms with Crippen LogP contribution in [0.2, 0.25) is 0 Å². The smallest absolute Gasteiger partial charge is 0.223 e. The van der Waals surface area contributed by atoms with Gasteiger partial charge < -0.3 is 9.88 Å². The van der Waals surface area contributed by atoms with E-state index in [-0.39, 0.29) is 11.9 Å². The Balaban J connectivity index is 1.98. The number of nitrogens with zero attached hydrogens (tertiary/aromatic N) is 3. The second-order valence-corrected chi connectivity index (χ2v) is 5.54. The van der Waals surface area contributed by atoms with Crippen molar-refractivity contribution in [2.24, 2.45) is 0 Å². The molecule has 2 heterocycles. The Morgan fingerprint density at radius 2 is 2.44 bits per heavy atom. The third-order valence-corrected chi connectivity index (χ3v) is 3.97. The summed E-state index contributed by atoms with van der Waals surface area (Å²) in [5.41, 5.74) is 0. The van der Waals surface area contributed by atoms with Gasteiger partial charge in [0.05, 0.1) is 6.04 Å². The molecule has 0 bridgehead atoms. The van der Waals surface area contributed by atoms with Crippen LogP contribution in [0.15, 0.2) is 12.4 Å². The van der Waals surface area contributed by atoms with Gasteiger partial charge in [-0.2, -0.15) is 11.8 Å². The highest BCUT2D eigenvalue weighted by molar-refractivity contribution is 7.98. The van der Waals surface area contributed by atoms with Crippen LogP contribution in [0.3, 0.4) is 0 Å². The molecular weight excluding hydrogens is 248 g/mol. The summed E-state index contributed by atoms with van der Waals surface area (Å²) in [6.45, 7) is 2.45. The molecule has 1 aromatic heterocycles. The first-order valence-electron chi connectivity index (χ1n) is 6.18. The molecular formula is C12H20N4OS. The van der Waals surface area contributed by atoms with E-state index in [1.54, 1.807) is 18.0 Å². The second kappa shape index (κ2) is 6.24. The first kappa shape index (κ1) is 13.4. The van der Waals surface area contributed by atoms with E-state index in [1.807, 2.05) is 17.4 Å². The molecule has 1 aromatic rings. The Bertz CT molecular complexity index is 381. The minimum Gasteiger partial charge on any atom is -0.347 e. The Morgan fingerprint density at radius 1 is 1.61 bits per heavy atom. The summed E-state index contributed by atoms with van der Waals surface area (Å²) in [4.78, 5) is 23.7. The zero-order chi connectivity index (χ0) is 13.0. The van der Waals surface area contributed by atoms with Crippen molar-refractivity contribution in [3.05, 3.63) is 18.2 Å². The van der Waals surface area contributed by atoms with Crippen LogP contribution in [0.25, 0.3) is 0 Å². The number of aromatic amines is 1. The SMILES string of the molecule is CSCCC(=O)N1CCN(C)[C@@H](c2ncc[nH]2)C1. The predicted octanol–water partition coefficient (Wildman–Crippen LogP) is 0.978. The Hall–Kier alpha value is -1.01. The molecule has 0 spiro atoms. The lowest BCUT2D eigenvalue weighted by molar-refractivity contribution is -0.133. The van der Waals surface area contributed by atoms with Gasteiger partial charge in [0, 0.05) is 44.2 Å². The van der Waals surface area contributed by atoms with E-state index in [4.69, 9.17) is 0 Å². The molecule has 6 heteroatoms. The van der Waals surface area contributed by atoms with E-state index in [0.717, 1.165) is 31.2 Å². The first-order valence-corrected chi connectivity index (χ1v) is 7.58. The lowest BCUT2D eigenvalue weighted by Crippen LogP contribution is -2.49. The van der Waals surface area contributed by atoms with Gasteiger partial charge >= 0.3 is 0 Å². The number of carbonyl (C=O) groups excluding carboxylic acids is 1. The number of amides is 1. The Kier molecular flexibility index (Phi) is 4.66. The van der Waals surface area contributed by atoms with Gasteiger partial charge in [0.1, 0.15) is 5.82 Å². The number of piperazine rings is 1. The molecule has 0 saturated carbocycles. The molecule has 0 aliphatic carbocycles. The van der Waals surface area contributed by atoms with Gasteiger partial charge in [-0.25, -0.2) is 4.98 Å². The van der Waals surface area contributed by atoms with Gasteiger partial charge in [-0.15, -0.1) is 0 Å². The molecule has 0 radical (unpaired) electrons. The van der Waals surface area contributed by atoms with E-state index in [2.05, 4.69) is 21.9 Å². The largest absolute Gasteiger partial charge is 0.347 e. The molecule has 100 valence electrons. The summed E-state index contributed by atoms with van der Waals surface area (Å²) in [5.74, 6) is 2.10. The normalized spacial score (nSPS) is 21.2. The van der Waals surface area contributed by atoms with Crippen molar-refractivity contribution in [2.75, 3.05) is 38.7 Å². The summed E-state index contributed by atoms with van der Waals surface area (Å²) in [6, 6.07) is 0.187. The van der Waals surface area contributed by atoms with Crippen molar-refractivity contribution in [2.45, 2.75) is 12.5 Å². The number of nitrogens with one attached hydrogen (secondary N) is 1. The van der Waals surface area contributed by atoms with Crippen LogP contribution in [0, 0.1) is 0 Å². The molecule has 1 saturated heterocycles. The highest BCUT2D eigenvalue weighted by Crippen LogP contribution is 2.21. The number of hydrogen-bond donors (Lipinski definition) is 1. The van der Waals surface area contributed by atoms with Crippen LogP contribution in [-0.4, -0.2) is 64.4 Å². The zero-order valence-corrected chi connectivity index (χ0v) is 11.7. The molecule has 0 unspecified atom stereocenters. The molecule has 1 atom stereocenters. The molecule has 1 N–H and O–H groups in total. The number of imidazole rings is 1. The molecule has 5 nitrogen and oxygen atoms in total. The van der Waals surface area contributed by atoms with Gasteiger partial charge in [-0.05, 0) is 13.3 Å². The Morgan fingerprint density at radius 3 is 3.11 bits per heavy atom. The van der Waals surface area contributed by atoms with Gasteiger partial charge in [0.2, 0.25) is 5.91 Å². The number of hydrogen-bond acceptors (Lipinski definition) is 4. The number of thioether (sulfide) groups is 1. The van der Waals surface area contributed by atoms with Crippen molar-refractivity contribution in [1.29, 1.82) is 0 Å². The van der Waals surface area contributed by atoms with Crippen LogP contribution in [0.1, 0.15) is 18.3 Å². The average Bonchev–Trinajstić information content (AvgIpc) is 2.90. The number of aromatic nitrogens is 2. The minimum atomic E-state index is 0.187. The standard InChI is InChI=1S/C12H20N4OS/c1-15-6-7-16(11(17)3-8-18-2)9-10(15)12-13-4-5-14-12/h4-5,10H,3,6-9H2,1-2H3,(H,13,14)/t10-/m1/s1. The maximum absolute atomic E-state index is 12.0. The van der Waals surface area contributed by atoms with Crippen LogP contribution in [0.5, 0.6) is 0 Å². The maximum atomic E-state index is 12.0. The summed E-state index contributed by atoms with van der Waals surface area (Å²) in [7, 11) is 2.08.